The number of rotatable bonds is 6. The van der Waals surface area contributed by atoms with E-state index in [9.17, 15) is 0 Å². The largest absolute Gasteiger partial charge is 0.380 e. The number of guanidine groups is 1. The molecular formula is C17H28N4O. The van der Waals surface area contributed by atoms with Gasteiger partial charge in [0.1, 0.15) is 0 Å². The minimum Gasteiger partial charge on any atom is -0.380 e. The van der Waals surface area contributed by atoms with Crippen molar-refractivity contribution in [2.24, 2.45) is 16.6 Å². The first-order chi connectivity index (χ1) is 10.7. The van der Waals surface area contributed by atoms with Gasteiger partial charge in [0.15, 0.2) is 5.96 Å². The molecule has 122 valence electrons. The Balaban J connectivity index is 1.82. The van der Waals surface area contributed by atoms with Gasteiger partial charge in [0.25, 0.3) is 0 Å². The van der Waals surface area contributed by atoms with Crippen LogP contribution in [0.25, 0.3) is 0 Å². The van der Waals surface area contributed by atoms with E-state index in [2.05, 4.69) is 22.1 Å². The molecule has 1 aliphatic heterocycles. The Morgan fingerprint density at radius 3 is 3.05 bits per heavy atom. The lowest BCUT2D eigenvalue weighted by atomic mass is 10.0. The van der Waals surface area contributed by atoms with Gasteiger partial charge in [0.2, 0.25) is 0 Å². The smallest absolute Gasteiger partial charge is 0.193 e. The molecule has 1 heterocycles. The minimum atomic E-state index is 0.466. The molecule has 1 unspecified atom stereocenters. The van der Waals surface area contributed by atoms with Gasteiger partial charge < -0.3 is 20.7 Å². The summed E-state index contributed by atoms with van der Waals surface area (Å²) in [5.41, 5.74) is 8.03. The molecule has 0 spiro atoms. The summed E-state index contributed by atoms with van der Waals surface area (Å²) in [6.07, 6.45) is 2.64. The maximum atomic E-state index is 5.99. The van der Waals surface area contributed by atoms with E-state index in [1.807, 2.05) is 24.3 Å². The van der Waals surface area contributed by atoms with Crippen LogP contribution < -0.4 is 11.1 Å². The van der Waals surface area contributed by atoms with E-state index in [0.717, 1.165) is 30.3 Å². The maximum Gasteiger partial charge on any atom is 0.193 e. The number of anilines is 1. The van der Waals surface area contributed by atoms with Crippen LogP contribution in [0.5, 0.6) is 0 Å². The van der Waals surface area contributed by atoms with Crippen LogP contribution in [0.4, 0.5) is 5.69 Å². The van der Waals surface area contributed by atoms with Gasteiger partial charge in [-0.15, -0.1) is 0 Å². The molecule has 0 saturated carbocycles. The Kier molecular flexibility index (Phi) is 6.68. The first kappa shape index (κ1) is 16.8. The van der Waals surface area contributed by atoms with Crippen molar-refractivity contribution in [3.8, 4) is 0 Å². The zero-order valence-corrected chi connectivity index (χ0v) is 13.7. The second-order valence-corrected chi connectivity index (χ2v) is 6.03. The highest BCUT2D eigenvalue weighted by Crippen LogP contribution is 2.16. The Bertz CT molecular complexity index is 489. The van der Waals surface area contributed by atoms with Crippen molar-refractivity contribution in [2.75, 3.05) is 38.6 Å². The number of aliphatic imine (C=N–C) groups is 1. The molecule has 1 fully saturated rings. The lowest BCUT2D eigenvalue weighted by Crippen LogP contribution is -2.36. The molecule has 5 nitrogen and oxygen atoms in total. The van der Waals surface area contributed by atoms with Crippen molar-refractivity contribution >= 4 is 11.6 Å². The van der Waals surface area contributed by atoms with E-state index in [4.69, 9.17) is 10.5 Å². The van der Waals surface area contributed by atoms with E-state index in [1.165, 1.54) is 25.9 Å². The fourth-order valence-corrected chi connectivity index (χ4v) is 2.90. The summed E-state index contributed by atoms with van der Waals surface area (Å²) in [5.74, 6) is 1.27. The van der Waals surface area contributed by atoms with Crippen molar-refractivity contribution in [1.29, 1.82) is 0 Å². The average Bonchev–Trinajstić information content (AvgIpc) is 2.49. The summed E-state index contributed by atoms with van der Waals surface area (Å²) in [5, 5.41) is 3.17. The molecule has 0 bridgehead atoms. The molecule has 22 heavy (non-hydrogen) atoms. The van der Waals surface area contributed by atoms with Crippen LogP contribution in [-0.4, -0.2) is 44.1 Å². The van der Waals surface area contributed by atoms with E-state index < -0.39 is 0 Å². The third kappa shape index (κ3) is 5.31. The number of ether oxygens (including phenoxy) is 1. The SMILES string of the molecule is COCc1ccccc1NC(N)=NCCN1CCCC(C)C1. The highest BCUT2D eigenvalue weighted by molar-refractivity contribution is 5.92. The monoisotopic (exact) mass is 304 g/mol. The maximum absolute atomic E-state index is 5.99. The fraction of sp³-hybridized carbons (Fsp3) is 0.588. The van der Waals surface area contributed by atoms with Gasteiger partial charge in [-0.2, -0.15) is 0 Å². The third-order valence-electron chi connectivity index (χ3n) is 4.02. The van der Waals surface area contributed by atoms with Crippen LogP contribution in [0.2, 0.25) is 0 Å². The van der Waals surface area contributed by atoms with Crippen molar-refractivity contribution in [2.45, 2.75) is 26.4 Å². The van der Waals surface area contributed by atoms with Crippen LogP contribution >= 0.6 is 0 Å². The zero-order chi connectivity index (χ0) is 15.8. The summed E-state index contributed by atoms with van der Waals surface area (Å²) < 4.78 is 5.19. The molecule has 1 aromatic carbocycles. The molecule has 1 saturated heterocycles. The number of nitrogens with zero attached hydrogens (tertiary/aromatic N) is 2. The molecule has 3 N–H and O–H groups in total. The Hall–Kier alpha value is -1.59. The second-order valence-electron chi connectivity index (χ2n) is 6.03. The fourth-order valence-electron chi connectivity index (χ4n) is 2.90. The summed E-state index contributed by atoms with van der Waals surface area (Å²) in [6, 6.07) is 7.98. The molecule has 0 amide bonds. The van der Waals surface area contributed by atoms with E-state index in [1.54, 1.807) is 7.11 Å². The number of piperidine rings is 1. The quantitative estimate of drug-likeness (QED) is 0.625. The van der Waals surface area contributed by atoms with E-state index in [-0.39, 0.29) is 0 Å². The number of nitrogens with two attached hydrogens (primary N) is 1. The lowest BCUT2D eigenvalue weighted by Gasteiger charge is -2.30. The lowest BCUT2D eigenvalue weighted by molar-refractivity contribution is 0.185. The number of hydrogen-bond acceptors (Lipinski definition) is 3. The first-order valence-corrected chi connectivity index (χ1v) is 8.05. The van der Waals surface area contributed by atoms with Gasteiger partial charge >= 0.3 is 0 Å². The molecule has 0 aliphatic carbocycles. The van der Waals surface area contributed by atoms with Crippen LogP contribution in [0, 0.1) is 5.92 Å². The van der Waals surface area contributed by atoms with Crippen molar-refractivity contribution in [3.63, 3.8) is 0 Å². The van der Waals surface area contributed by atoms with Gasteiger partial charge in [0.05, 0.1) is 13.2 Å². The number of hydrogen-bond donors (Lipinski definition) is 2. The number of nitrogens with one attached hydrogen (secondary N) is 1. The number of para-hydroxylation sites is 1. The Morgan fingerprint density at radius 1 is 1.45 bits per heavy atom. The first-order valence-electron chi connectivity index (χ1n) is 8.05. The highest BCUT2D eigenvalue weighted by Gasteiger charge is 2.15. The predicted molar refractivity (Wildman–Crippen MR) is 92.1 cm³/mol. The van der Waals surface area contributed by atoms with Crippen LogP contribution in [0.15, 0.2) is 29.3 Å². The van der Waals surface area contributed by atoms with Crippen molar-refractivity contribution < 1.29 is 4.74 Å². The predicted octanol–water partition coefficient (Wildman–Crippen LogP) is 2.29. The standard InChI is InChI=1S/C17H28N4O/c1-14-6-5-10-21(12-14)11-9-19-17(18)20-16-8-4-3-7-15(16)13-22-2/h3-4,7-8,14H,5-6,9-13H2,1-2H3,(H3,18,19,20). The molecular weight excluding hydrogens is 276 g/mol. The van der Waals surface area contributed by atoms with Gasteiger partial charge in [-0.25, -0.2) is 0 Å². The minimum absolute atomic E-state index is 0.466. The molecule has 0 radical (unpaired) electrons. The molecule has 5 heteroatoms. The molecule has 2 rings (SSSR count). The number of likely N-dealkylation sites (tertiary alicyclic amines) is 1. The van der Waals surface area contributed by atoms with Gasteiger partial charge in [-0.05, 0) is 31.4 Å². The van der Waals surface area contributed by atoms with Crippen LogP contribution in [-0.2, 0) is 11.3 Å². The number of benzene rings is 1. The van der Waals surface area contributed by atoms with Gasteiger partial charge in [-0.3, -0.25) is 4.99 Å². The van der Waals surface area contributed by atoms with Crippen molar-refractivity contribution in [1.82, 2.24) is 4.90 Å². The van der Waals surface area contributed by atoms with E-state index in [0.29, 0.717) is 12.6 Å². The Morgan fingerprint density at radius 2 is 2.27 bits per heavy atom. The van der Waals surface area contributed by atoms with Crippen LogP contribution in [0.3, 0.4) is 0 Å². The van der Waals surface area contributed by atoms with E-state index >= 15 is 0 Å². The van der Waals surface area contributed by atoms with Gasteiger partial charge in [0, 0.05) is 31.5 Å². The topological polar surface area (TPSA) is 62.9 Å². The third-order valence-corrected chi connectivity index (χ3v) is 4.02. The second kappa shape index (κ2) is 8.76. The van der Waals surface area contributed by atoms with Crippen LogP contribution in [0.1, 0.15) is 25.3 Å². The summed E-state index contributed by atoms with van der Waals surface area (Å²) in [4.78, 5) is 6.92. The normalized spacial score (nSPS) is 20.1. The molecule has 1 aliphatic rings. The molecule has 0 aromatic heterocycles. The summed E-state index contributed by atoms with van der Waals surface area (Å²) >= 11 is 0. The summed E-state index contributed by atoms with van der Waals surface area (Å²) in [6.45, 7) is 6.95. The van der Waals surface area contributed by atoms with Crippen molar-refractivity contribution in [3.05, 3.63) is 29.8 Å². The van der Waals surface area contributed by atoms with Gasteiger partial charge in [-0.1, -0.05) is 25.1 Å². The Labute approximate surface area is 133 Å². The number of methoxy groups -OCH3 is 1. The summed E-state index contributed by atoms with van der Waals surface area (Å²) in [7, 11) is 1.69. The molecule has 1 aromatic rings. The molecule has 1 atom stereocenters. The average molecular weight is 304 g/mol. The highest BCUT2D eigenvalue weighted by atomic mass is 16.5. The zero-order valence-electron chi connectivity index (χ0n) is 13.7.